The topological polar surface area (TPSA) is 54.4 Å². The SMILES string of the molecule is O=S(=O)(O)CCCCCCCCCCS. The van der Waals surface area contributed by atoms with Gasteiger partial charge in [0.2, 0.25) is 0 Å². The zero-order chi connectivity index (χ0) is 11.6. The summed E-state index contributed by atoms with van der Waals surface area (Å²) in [5, 5.41) is 0. The van der Waals surface area contributed by atoms with Crippen LogP contribution in [0.15, 0.2) is 0 Å². The van der Waals surface area contributed by atoms with Crippen LogP contribution >= 0.6 is 12.6 Å². The minimum absolute atomic E-state index is 0.0906. The van der Waals surface area contributed by atoms with E-state index >= 15 is 0 Å². The van der Waals surface area contributed by atoms with Gasteiger partial charge in [-0.2, -0.15) is 21.0 Å². The van der Waals surface area contributed by atoms with Crippen molar-refractivity contribution in [1.82, 2.24) is 0 Å². The fourth-order valence-corrected chi connectivity index (χ4v) is 2.25. The van der Waals surface area contributed by atoms with Crippen LogP contribution in [0.25, 0.3) is 0 Å². The molecule has 0 aromatic heterocycles. The van der Waals surface area contributed by atoms with Crippen molar-refractivity contribution in [3.63, 3.8) is 0 Å². The third-order valence-electron chi connectivity index (χ3n) is 2.31. The van der Waals surface area contributed by atoms with E-state index in [-0.39, 0.29) is 5.75 Å². The van der Waals surface area contributed by atoms with Crippen LogP contribution in [0.3, 0.4) is 0 Å². The lowest BCUT2D eigenvalue weighted by Crippen LogP contribution is -2.03. The molecule has 0 unspecified atom stereocenters. The summed E-state index contributed by atoms with van der Waals surface area (Å²) in [7, 11) is -3.74. The molecule has 0 aliphatic rings. The van der Waals surface area contributed by atoms with E-state index in [0.717, 1.165) is 25.0 Å². The van der Waals surface area contributed by atoms with Crippen LogP contribution in [0, 0.1) is 0 Å². The highest BCUT2D eigenvalue weighted by atomic mass is 32.2. The normalized spacial score (nSPS) is 11.9. The standard InChI is InChI=1S/C10H22O3S2/c11-15(12,13)10-8-6-4-2-1-3-5-7-9-14/h14H,1-10H2,(H,11,12,13). The predicted molar refractivity (Wildman–Crippen MR) is 67.2 cm³/mol. The van der Waals surface area contributed by atoms with Gasteiger partial charge in [-0.1, -0.05) is 38.5 Å². The van der Waals surface area contributed by atoms with Crippen LogP contribution < -0.4 is 0 Å². The van der Waals surface area contributed by atoms with E-state index in [4.69, 9.17) is 4.55 Å². The minimum Gasteiger partial charge on any atom is -0.286 e. The zero-order valence-corrected chi connectivity index (χ0v) is 10.9. The summed E-state index contributed by atoms with van der Waals surface area (Å²) < 4.78 is 29.3. The van der Waals surface area contributed by atoms with Crippen molar-refractivity contribution in [2.45, 2.75) is 51.4 Å². The fourth-order valence-electron chi connectivity index (χ4n) is 1.46. The van der Waals surface area contributed by atoms with Gasteiger partial charge in [-0.05, 0) is 18.6 Å². The molecule has 0 heterocycles. The van der Waals surface area contributed by atoms with Crippen LogP contribution in [0.5, 0.6) is 0 Å². The van der Waals surface area contributed by atoms with E-state index in [1.165, 1.54) is 25.7 Å². The minimum atomic E-state index is -3.74. The molecule has 0 aromatic carbocycles. The molecular formula is C10H22O3S2. The number of rotatable bonds is 10. The van der Waals surface area contributed by atoms with Gasteiger partial charge in [-0.25, -0.2) is 0 Å². The van der Waals surface area contributed by atoms with Gasteiger partial charge in [-0.15, -0.1) is 0 Å². The Morgan fingerprint density at radius 3 is 1.60 bits per heavy atom. The first kappa shape index (κ1) is 15.3. The highest BCUT2D eigenvalue weighted by Gasteiger charge is 2.02. The van der Waals surface area contributed by atoms with Crippen molar-refractivity contribution in [3.8, 4) is 0 Å². The molecular weight excluding hydrogens is 232 g/mol. The summed E-state index contributed by atoms with van der Waals surface area (Å²) in [5.41, 5.74) is 0. The second-order valence-electron chi connectivity index (χ2n) is 3.84. The van der Waals surface area contributed by atoms with Crippen molar-refractivity contribution in [1.29, 1.82) is 0 Å². The third kappa shape index (κ3) is 14.3. The Balaban J connectivity index is 3.06. The Morgan fingerprint density at radius 2 is 1.20 bits per heavy atom. The van der Waals surface area contributed by atoms with E-state index < -0.39 is 10.1 Å². The maximum atomic E-state index is 10.4. The fraction of sp³-hybridized carbons (Fsp3) is 1.00. The van der Waals surface area contributed by atoms with Crippen molar-refractivity contribution in [2.75, 3.05) is 11.5 Å². The molecule has 15 heavy (non-hydrogen) atoms. The number of hydrogen-bond acceptors (Lipinski definition) is 3. The highest BCUT2D eigenvalue weighted by molar-refractivity contribution is 7.85. The van der Waals surface area contributed by atoms with Crippen LogP contribution in [-0.2, 0) is 10.1 Å². The van der Waals surface area contributed by atoms with E-state index in [1.54, 1.807) is 0 Å². The maximum Gasteiger partial charge on any atom is 0.264 e. The van der Waals surface area contributed by atoms with Gasteiger partial charge in [0.1, 0.15) is 0 Å². The summed E-state index contributed by atoms with van der Waals surface area (Å²) in [5.74, 6) is 0.876. The first-order chi connectivity index (χ1) is 7.06. The Bertz CT molecular complexity index is 225. The van der Waals surface area contributed by atoms with E-state index in [1.807, 2.05) is 0 Å². The molecule has 0 aliphatic heterocycles. The maximum absolute atomic E-state index is 10.4. The van der Waals surface area contributed by atoms with Gasteiger partial charge in [0, 0.05) is 0 Å². The average molecular weight is 254 g/mol. The average Bonchev–Trinajstić information content (AvgIpc) is 2.14. The molecule has 0 radical (unpaired) electrons. The van der Waals surface area contributed by atoms with Crippen LogP contribution in [-0.4, -0.2) is 24.5 Å². The van der Waals surface area contributed by atoms with Gasteiger partial charge in [-0.3, -0.25) is 4.55 Å². The Labute approximate surface area is 98.8 Å². The molecule has 0 aromatic rings. The van der Waals surface area contributed by atoms with E-state index in [9.17, 15) is 8.42 Å². The molecule has 5 heteroatoms. The first-order valence-electron chi connectivity index (χ1n) is 5.62. The van der Waals surface area contributed by atoms with Gasteiger partial charge < -0.3 is 0 Å². The van der Waals surface area contributed by atoms with Crippen molar-refractivity contribution in [3.05, 3.63) is 0 Å². The zero-order valence-electron chi connectivity index (χ0n) is 9.19. The number of hydrogen-bond donors (Lipinski definition) is 2. The quantitative estimate of drug-likeness (QED) is 0.358. The Hall–Kier alpha value is 0.260. The lowest BCUT2D eigenvalue weighted by molar-refractivity contribution is 0.478. The highest BCUT2D eigenvalue weighted by Crippen LogP contribution is 2.09. The molecule has 0 amide bonds. The molecule has 0 spiro atoms. The summed E-state index contributed by atoms with van der Waals surface area (Å²) in [4.78, 5) is 0. The van der Waals surface area contributed by atoms with Gasteiger partial charge in [0.15, 0.2) is 0 Å². The summed E-state index contributed by atoms with van der Waals surface area (Å²) in [6, 6.07) is 0. The number of unbranched alkanes of at least 4 members (excludes halogenated alkanes) is 7. The molecule has 0 saturated heterocycles. The van der Waals surface area contributed by atoms with E-state index in [2.05, 4.69) is 12.6 Å². The Kier molecular flexibility index (Phi) is 9.65. The molecule has 0 aliphatic carbocycles. The number of thiol groups is 1. The molecule has 3 nitrogen and oxygen atoms in total. The second-order valence-corrected chi connectivity index (χ2v) is 5.86. The molecule has 0 atom stereocenters. The molecule has 0 fully saturated rings. The third-order valence-corrected chi connectivity index (χ3v) is 3.43. The van der Waals surface area contributed by atoms with Gasteiger partial charge >= 0.3 is 0 Å². The smallest absolute Gasteiger partial charge is 0.264 e. The van der Waals surface area contributed by atoms with Crippen LogP contribution in [0.2, 0.25) is 0 Å². The van der Waals surface area contributed by atoms with Crippen molar-refractivity contribution >= 4 is 22.7 Å². The molecule has 0 bridgehead atoms. The van der Waals surface area contributed by atoms with Crippen LogP contribution in [0.4, 0.5) is 0 Å². The molecule has 1 N–H and O–H groups in total. The largest absolute Gasteiger partial charge is 0.286 e. The lowest BCUT2D eigenvalue weighted by atomic mass is 10.1. The van der Waals surface area contributed by atoms with Gasteiger partial charge in [0.05, 0.1) is 5.75 Å². The summed E-state index contributed by atoms with van der Waals surface area (Å²) in [6.45, 7) is 0. The van der Waals surface area contributed by atoms with Gasteiger partial charge in [0.25, 0.3) is 10.1 Å². The summed E-state index contributed by atoms with van der Waals surface area (Å²) in [6.07, 6.45) is 8.61. The Morgan fingerprint density at radius 1 is 0.800 bits per heavy atom. The van der Waals surface area contributed by atoms with Crippen LogP contribution in [0.1, 0.15) is 51.4 Å². The lowest BCUT2D eigenvalue weighted by Gasteiger charge is -2.00. The second kappa shape index (κ2) is 9.48. The molecule has 92 valence electrons. The summed E-state index contributed by atoms with van der Waals surface area (Å²) >= 11 is 4.14. The van der Waals surface area contributed by atoms with Crippen molar-refractivity contribution < 1.29 is 13.0 Å². The molecule has 0 rings (SSSR count). The molecule has 0 saturated carbocycles. The van der Waals surface area contributed by atoms with E-state index in [0.29, 0.717) is 6.42 Å². The monoisotopic (exact) mass is 254 g/mol. The first-order valence-corrected chi connectivity index (χ1v) is 7.86. The van der Waals surface area contributed by atoms with Crippen molar-refractivity contribution in [2.24, 2.45) is 0 Å². The predicted octanol–water partition coefficient (Wildman–Crippen LogP) is 2.92.